The highest BCUT2D eigenvalue weighted by molar-refractivity contribution is 5.98. The minimum absolute atomic E-state index is 0.755. The molecule has 0 aliphatic carbocycles. The zero-order valence-electron chi connectivity index (χ0n) is 4.14. The van der Waals surface area contributed by atoms with Crippen molar-refractivity contribution in [2.24, 2.45) is 0 Å². The van der Waals surface area contributed by atoms with E-state index in [1.54, 1.807) is 0 Å². The lowest BCUT2D eigenvalue weighted by Crippen LogP contribution is -1.59. The Bertz CT molecular complexity index is 46.8. The zero-order chi connectivity index (χ0) is 4.83. The summed E-state index contributed by atoms with van der Waals surface area (Å²) in [4.78, 5) is 0. The van der Waals surface area contributed by atoms with Gasteiger partial charge in [-0.1, -0.05) is 6.55 Å². The minimum Gasteiger partial charge on any atom is -0.572 e. The lowest BCUT2D eigenvalue weighted by molar-refractivity contribution is 0.537. The second-order valence-electron chi connectivity index (χ2n) is 0.272. The summed E-state index contributed by atoms with van der Waals surface area (Å²) < 4.78 is 16.7. The van der Waals surface area contributed by atoms with Gasteiger partial charge in [-0.15, -0.1) is 0 Å². The predicted octanol–water partition coefficient (Wildman–Crippen LogP) is -0.0377. The normalized spacial score (nSPS) is 14.0. The molecule has 0 aromatic heterocycles. The standard InChI is InChI=1S/C2H4BO/c1-2-4-3/h2-3H,1H2/i1D,3T. The molecule has 0 bridgehead atoms. The van der Waals surface area contributed by atoms with Crippen molar-refractivity contribution < 1.29 is 6.03 Å². The van der Waals surface area contributed by atoms with E-state index < -0.39 is 0 Å². The van der Waals surface area contributed by atoms with Crippen molar-refractivity contribution in [3.05, 3.63) is 12.8 Å². The highest BCUT2D eigenvalue weighted by Gasteiger charge is 1.39. The van der Waals surface area contributed by atoms with Gasteiger partial charge in [0.15, 0.2) is 0 Å². The van der Waals surface area contributed by atoms with E-state index in [1.807, 2.05) is 0 Å². The molecule has 4 heavy (non-hydrogen) atoms. The molecule has 1 radical (unpaired) electrons. The summed E-state index contributed by atoms with van der Waals surface area (Å²) in [6.45, 7) is 0.963. The summed E-state index contributed by atoms with van der Waals surface area (Å²) in [6, 6.07) is 0. The maximum absolute atomic E-state index is 6.30. The van der Waals surface area contributed by atoms with Gasteiger partial charge in [-0.25, -0.2) is 0 Å². The number of hydrogen-bond donors (Lipinski definition) is 0. The third-order valence-electron chi connectivity index (χ3n) is 0.0786. The van der Waals surface area contributed by atoms with Crippen LogP contribution in [0.15, 0.2) is 12.8 Å². The first-order valence-corrected chi connectivity index (χ1v) is 0.805. The van der Waals surface area contributed by atoms with E-state index in [0.29, 0.717) is 0 Å². The van der Waals surface area contributed by atoms with Gasteiger partial charge in [-0.05, 0) is 0 Å². The van der Waals surface area contributed by atoms with Gasteiger partial charge in [0, 0.05) is 1.34 Å². The molecule has 0 saturated carbocycles. The molecule has 0 aliphatic heterocycles. The number of rotatable bonds is 2. The van der Waals surface area contributed by atoms with Crippen molar-refractivity contribution in [3.8, 4) is 0 Å². The Morgan fingerprint density at radius 1 is 3.00 bits per heavy atom. The molecule has 21 valence electrons. The molecule has 0 unspecified atom stereocenters. The molecular weight excluding hydrogens is 50.8 g/mol. The Morgan fingerprint density at radius 2 is 4.00 bits per heavy atom. The maximum Gasteiger partial charge on any atom is 0.347 e. The van der Waals surface area contributed by atoms with E-state index in [9.17, 15) is 0 Å². The van der Waals surface area contributed by atoms with Gasteiger partial charge < -0.3 is 4.65 Å². The highest BCUT2D eigenvalue weighted by atomic mass is 16.4. The second kappa shape index (κ2) is 2.60. The summed E-state index contributed by atoms with van der Waals surface area (Å²) in [7, 11) is 0.755. The Morgan fingerprint density at radius 3 is 4.25 bits per heavy atom. The topological polar surface area (TPSA) is 9.23 Å². The van der Waals surface area contributed by atoms with Crippen LogP contribution in [0, 0.1) is 0 Å². The third-order valence-corrected chi connectivity index (χ3v) is 0.0786. The fourth-order valence-electron chi connectivity index (χ4n) is 0. The average Bonchev–Trinajstić information content (AvgIpc) is 1.61. The Kier molecular flexibility index (Phi) is 0.751. The number of hydrogen-bond acceptors (Lipinski definition) is 1. The van der Waals surface area contributed by atoms with Crippen LogP contribution in [0.25, 0.3) is 0 Å². The minimum atomic E-state index is 0.755. The van der Waals surface area contributed by atoms with Crippen molar-refractivity contribution in [2.45, 2.75) is 0 Å². The lowest BCUT2D eigenvalue weighted by Gasteiger charge is -1.73. The van der Waals surface area contributed by atoms with Gasteiger partial charge >= 0.3 is 8.01 Å². The van der Waals surface area contributed by atoms with Crippen LogP contribution >= 0.6 is 0 Å². The molecule has 0 spiro atoms. The molecular formula is C2H4BO. The van der Waals surface area contributed by atoms with E-state index in [1.165, 1.54) is 0 Å². The van der Waals surface area contributed by atoms with Gasteiger partial charge in [-0.2, -0.15) is 0 Å². The molecule has 1 nitrogen and oxygen atoms in total. The van der Waals surface area contributed by atoms with Gasteiger partial charge in [0.05, 0.1) is 7.63 Å². The maximum atomic E-state index is 6.30. The van der Waals surface area contributed by atoms with Crippen LogP contribution in [0.4, 0.5) is 0 Å². The molecule has 0 N–H and O–H groups in total. The van der Waals surface area contributed by atoms with Crippen LogP contribution in [0.5, 0.6) is 0 Å². The Balaban J connectivity index is 2.66. The van der Waals surface area contributed by atoms with Crippen molar-refractivity contribution in [2.75, 3.05) is 0 Å². The fraction of sp³-hybridized carbons (Fsp3) is 0. The molecule has 0 aromatic carbocycles. The van der Waals surface area contributed by atoms with Crippen molar-refractivity contribution >= 4 is 8.01 Å². The second-order valence-corrected chi connectivity index (χ2v) is 0.272. The molecule has 0 amide bonds. The molecule has 0 heterocycles. The molecule has 0 aliphatic rings. The first-order chi connectivity index (χ1) is 2.91. The van der Waals surface area contributed by atoms with Crippen molar-refractivity contribution in [3.63, 3.8) is 0 Å². The van der Waals surface area contributed by atoms with Crippen molar-refractivity contribution in [1.29, 1.82) is 1.34 Å². The van der Waals surface area contributed by atoms with E-state index in [2.05, 4.69) is 4.65 Å². The highest BCUT2D eigenvalue weighted by Crippen LogP contribution is 1.50. The van der Waals surface area contributed by atoms with Gasteiger partial charge in [0.1, 0.15) is 0 Å². The summed E-state index contributed by atoms with van der Waals surface area (Å²) >= 11 is 0. The largest absolute Gasteiger partial charge is 0.572 e. The average molecular weight is 57.9 g/mol. The fourth-order valence-corrected chi connectivity index (χ4v) is 0. The molecule has 0 saturated heterocycles. The molecule has 2 heteroatoms. The molecule has 0 atom stereocenters. The van der Waals surface area contributed by atoms with E-state index in [0.717, 1.165) is 20.8 Å². The molecule has 0 fully saturated rings. The third kappa shape index (κ3) is 1.60. The first-order valence-electron chi connectivity index (χ1n) is 1.96. The smallest absolute Gasteiger partial charge is 0.347 e. The van der Waals surface area contributed by atoms with E-state index >= 15 is 0 Å². The van der Waals surface area contributed by atoms with Crippen molar-refractivity contribution in [1.82, 2.24) is 0 Å². The van der Waals surface area contributed by atoms with Gasteiger partial charge in [-0.3, -0.25) is 0 Å². The van der Waals surface area contributed by atoms with Crippen LogP contribution < -0.4 is 0 Å². The molecule has 0 rings (SSSR count). The Hall–Kier alpha value is -0.395. The van der Waals surface area contributed by atoms with Crippen LogP contribution in [-0.2, 0) is 4.65 Å². The van der Waals surface area contributed by atoms with Crippen LogP contribution in [-0.4, -0.2) is 9.35 Å². The zero-order valence-corrected chi connectivity index (χ0v) is 2.14. The van der Waals surface area contributed by atoms with E-state index in [-0.39, 0.29) is 0 Å². The van der Waals surface area contributed by atoms with E-state index in [4.69, 9.17) is 2.71 Å². The molecule has 0 aromatic rings. The van der Waals surface area contributed by atoms with Crippen LogP contribution in [0.2, 0.25) is 0 Å². The summed E-state index contributed by atoms with van der Waals surface area (Å²) in [5.74, 6) is 0. The Labute approximate surface area is 29.5 Å². The quantitative estimate of drug-likeness (QED) is 0.320. The van der Waals surface area contributed by atoms with Crippen LogP contribution in [0.1, 0.15) is 1.37 Å². The monoisotopic (exact) mass is 58.1 g/mol. The SMILES string of the molecule is [2H]C=CO[B][3H]. The predicted molar refractivity (Wildman–Crippen MR) is 18.4 cm³/mol. The van der Waals surface area contributed by atoms with Gasteiger partial charge in [0.2, 0.25) is 0 Å². The van der Waals surface area contributed by atoms with Gasteiger partial charge in [0.25, 0.3) is 0 Å². The summed E-state index contributed by atoms with van der Waals surface area (Å²) in [5, 5.41) is 0. The van der Waals surface area contributed by atoms with Crippen LogP contribution in [0.3, 0.4) is 0 Å². The summed E-state index contributed by atoms with van der Waals surface area (Å²) in [5.41, 5.74) is 0. The first kappa shape index (κ1) is 1.15. The summed E-state index contributed by atoms with van der Waals surface area (Å²) in [6.07, 6.45) is 1.10. The lowest BCUT2D eigenvalue weighted by atomic mass is 10.6.